The lowest BCUT2D eigenvalue weighted by Crippen LogP contribution is -2.16. The van der Waals surface area contributed by atoms with Gasteiger partial charge in [0.15, 0.2) is 5.58 Å². The number of carboxylic acids is 1. The molecule has 0 aliphatic carbocycles. The van der Waals surface area contributed by atoms with E-state index in [0.29, 0.717) is 23.1 Å². The third-order valence-electron chi connectivity index (χ3n) is 2.60. The van der Waals surface area contributed by atoms with Crippen molar-refractivity contribution in [3.63, 3.8) is 0 Å². The van der Waals surface area contributed by atoms with Gasteiger partial charge in [0.2, 0.25) is 0 Å². The van der Waals surface area contributed by atoms with Crippen molar-refractivity contribution in [2.75, 3.05) is 6.54 Å². The molecule has 4 N–H and O–H groups in total. The van der Waals surface area contributed by atoms with Crippen molar-refractivity contribution in [3.05, 3.63) is 34.3 Å². The van der Waals surface area contributed by atoms with E-state index in [1.807, 2.05) is 0 Å². The summed E-state index contributed by atoms with van der Waals surface area (Å²) in [6, 6.07) is 4.82. The molecule has 0 saturated carbocycles. The van der Waals surface area contributed by atoms with Crippen molar-refractivity contribution >= 4 is 17.1 Å². The average Bonchev–Trinajstić information content (AvgIpc) is 2.64. The normalized spacial score (nSPS) is 12.8. The number of hydrogen-bond donors (Lipinski definition) is 3. The molecule has 90 valence electrons. The molecule has 0 aliphatic heterocycles. The van der Waals surface area contributed by atoms with E-state index in [-0.39, 0.29) is 6.54 Å². The molecule has 0 amide bonds. The quantitative estimate of drug-likeness (QED) is 0.721. The second kappa shape index (κ2) is 4.42. The number of aromatic amines is 1. The molecule has 1 aromatic carbocycles. The van der Waals surface area contributed by atoms with E-state index in [0.717, 1.165) is 0 Å². The van der Waals surface area contributed by atoms with E-state index in [9.17, 15) is 9.59 Å². The highest BCUT2D eigenvalue weighted by molar-refractivity contribution is 5.79. The van der Waals surface area contributed by atoms with Crippen LogP contribution in [0.4, 0.5) is 0 Å². The van der Waals surface area contributed by atoms with Gasteiger partial charge in [-0.1, -0.05) is 6.07 Å². The number of fused-ring (bicyclic) bond motifs is 1. The molecule has 1 unspecified atom stereocenters. The standard InChI is InChI=1S/C11H12N2O4/c12-4-3-7(10(14)15)6-1-2-9-8(5-6)13-11(16)17-9/h1-2,5,7H,3-4,12H2,(H,13,16)(H,14,15). The van der Waals surface area contributed by atoms with E-state index in [1.165, 1.54) is 0 Å². The van der Waals surface area contributed by atoms with Gasteiger partial charge in [0.1, 0.15) is 0 Å². The summed E-state index contributed by atoms with van der Waals surface area (Å²) in [4.78, 5) is 24.5. The zero-order chi connectivity index (χ0) is 12.4. The first-order chi connectivity index (χ1) is 8.11. The largest absolute Gasteiger partial charge is 0.481 e. The number of nitrogens with two attached hydrogens (primary N) is 1. The minimum atomic E-state index is -0.930. The second-order valence-electron chi connectivity index (χ2n) is 3.74. The van der Waals surface area contributed by atoms with Crippen LogP contribution in [0.25, 0.3) is 11.1 Å². The lowest BCUT2D eigenvalue weighted by atomic mass is 9.95. The number of oxazole rings is 1. The number of hydrogen-bond acceptors (Lipinski definition) is 4. The maximum Gasteiger partial charge on any atom is 0.417 e. The van der Waals surface area contributed by atoms with Crippen molar-refractivity contribution in [3.8, 4) is 0 Å². The van der Waals surface area contributed by atoms with Crippen LogP contribution in [0.5, 0.6) is 0 Å². The van der Waals surface area contributed by atoms with Crippen LogP contribution < -0.4 is 11.5 Å². The first-order valence-corrected chi connectivity index (χ1v) is 5.17. The highest BCUT2D eigenvalue weighted by atomic mass is 16.4. The molecule has 6 nitrogen and oxygen atoms in total. The molecule has 17 heavy (non-hydrogen) atoms. The lowest BCUT2D eigenvalue weighted by Gasteiger charge is -2.10. The van der Waals surface area contributed by atoms with Crippen molar-refractivity contribution < 1.29 is 14.3 Å². The molecule has 2 rings (SSSR count). The zero-order valence-electron chi connectivity index (χ0n) is 8.97. The molecule has 6 heteroatoms. The minimum Gasteiger partial charge on any atom is -0.481 e. The summed E-state index contributed by atoms with van der Waals surface area (Å²) in [6.07, 6.45) is 0.350. The summed E-state index contributed by atoms with van der Waals surface area (Å²) >= 11 is 0. The summed E-state index contributed by atoms with van der Waals surface area (Å²) in [5, 5.41) is 9.08. The van der Waals surface area contributed by atoms with Crippen molar-refractivity contribution in [1.82, 2.24) is 4.98 Å². The van der Waals surface area contributed by atoms with Gasteiger partial charge >= 0.3 is 11.7 Å². The number of carbonyl (C=O) groups is 1. The molecule has 0 spiro atoms. The predicted octanol–water partition coefficient (Wildman–Crippen LogP) is 0.638. The molecule has 0 aliphatic rings. The van der Waals surface area contributed by atoms with Gasteiger partial charge in [0.25, 0.3) is 0 Å². The Hall–Kier alpha value is -2.08. The first-order valence-electron chi connectivity index (χ1n) is 5.17. The van der Waals surface area contributed by atoms with E-state index in [4.69, 9.17) is 15.3 Å². The monoisotopic (exact) mass is 236 g/mol. The molecular formula is C11H12N2O4. The van der Waals surface area contributed by atoms with Crippen LogP contribution in [-0.4, -0.2) is 22.6 Å². The molecule has 1 heterocycles. The number of nitrogens with one attached hydrogen (secondary N) is 1. The topological polar surface area (TPSA) is 109 Å². The fourth-order valence-electron chi connectivity index (χ4n) is 1.79. The Morgan fingerprint density at radius 3 is 2.94 bits per heavy atom. The molecular weight excluding hydrogens is 224 g/mol. The summed E-state index contributed by atoms with van der Waals surface area (Å²) in [5.74, 6) is -2.15. The van der Waals surface area contributed by atoms with E-state index < -0.39 is 17.6 Å². The summed E-state index contributed by atoms with van der Waals surface area (Å²) < 4.78 is 4.84. The molecule has 1 aromatic heterocycles. The van der Waals surface area contributed by atoms with Gasteiger partial charge in [-0.3, -0.25) is 9.78 Å². The van der Waals surface area contributed by atoms with Crippen molar-refractivity contribution in [2.45, 2.75) is 12.3 Å². The third-order valence-corrected chi connectivity index (χ3v) is 2.60. The van der Waals surface area contributed by atoms with E-state index >= 15 is 0 Å². The Kier molecular flexibility index (Phi) is 2.97. The van der Waals surface area contributed by atoms with Gasteiger partial charge in [0.05, 0.1) is 11.4 Å². The van der Waals surface area contributed by atoms with Crippen molar-refractivity contribution in [1.29, 1.82) is 0 Å². The third kappa shape index (κ3) is 2.21. The maximum atomic E-state index is 11.1. The Labute approximate surface area is 96.0 Å². The van der Waals surface area contributed by atoms with Crippen LogP contribution in [0.2, 0.25) is 0 Å². The Morgan fingerprint density at radius 2 is 2.29 bits per heavy atom. The molecule has 0 bridgehead atoms. The van der Waals surface area contributed by atoms with Crippen LogP contribution in [0.3, 0.4) is 0 Å². The molecule has 1 atom stereocenters. The number of aliphatic carboxylic acids is 1. The smallest absolute Gasteiger partial charge is 0.417 e. The van der Waals surface area contributed by atoms with Crippen LogP contribution in [-0.2, 0) is 4.79 Å². The van der Waals surface area contributed by atoms with Gasteiger partial charge in [-0.05, 0) is 30.7 Å². The predicted molar refractivity (Wildman–Crippen MR) is 60.9 cm³/mol. The van der Waals surface area contributed by atoms with Gasteiger partial charge in [0, 0.05) is 0 Å². The number of benzene rings is 1. The van der Waals surface area contributed by atoms with Crippen LogP contribution >= 0.6 is 0 Å². The molecule has 0 radical (unpaired) electrons. The summed E-state index contributed by atoms with van der Waals surface area (Å²) in [6.45, 7) is 0.289. The fraction of sp³-hybridized carbons (Fsp3) is 0.273. The maximum absolute atomic E-state index is 11.1. The first kappa shape index (κ1) is 11.4. The minimum absolute atomic E-state index is 0.289. The molecule has 0 fully saturated rings. The highest BCUT2D eigenvalue weighted by Gasteiger charge is 2.19. The SMILES string of the molecule is NCCC(C(=O)O)c1ccc2oc(=O)[nH]c2c1. The summed E-state index contributed by atoms with van der Waals surface area (Å²) in [5.41, 5.74) is 6.89. The van der Waals surface area contributed by atoms with Gasteiger partial charge in [-0.15, -0.1) is 0 Å². The van der Waals surface area contributed by atoms with Crippen LogP contribution in [0, 0.1) is 0 Å². The van der Waals surface area contributed by atoms with Gasteiger partial charge in [-0.2, -0.15) is 0 Å². The van der Waals surface area contributed by atoms with Crippen LogP contribution in [0.15, 0.2) is 27.4 Å². The van der Waals surface area contributed by atoms with E-state index in [1.54, 1.807) is 18.2 Å². The Balaban J connectivity index is 2.46. The van der Waals surface area contributed by atoms with Crippen LogP contribution in [0.1, 0.15) is 17.9 Å². The highest BCUT2D eigenvalue weighted by Crippen LogP contribution is 2.22. The number of rotatable bonds is 4. The number of H-pyrrole nitrogens is 1. The Morgan fingerprint density at radius 1 is 1.53 bits per heavy atom. The average molecular weight is 236 g/mol. The van der Waals surface area contributed by atoms with Gasteiger partial charge in [-0.25, -0.2) is 4.79 Å². The fourth-order valence-corrected chi connectivity index (χ4v) is 1.79. The Bertz CT molecular complexity index is 599. The van der Waals surface area contributed by atoms with Gasteiger partial charge < -0.3 is 15.3 Å². The second-order valence-corrected chi connectivity index (χ2v) is 3.74. The molecule has 2 aromatic rings. The lowest BCUT2D eigenvalue weighted by molar-refractivity contribution is -0.138. The number of aromatic nitrogens is 1. The van der Waals surface area contributed by atoms with Crippen molar-refractivity contribution in [2.24, 2.45) is 5.73 Å². The zero-order valence-corrected chi connectivity index (χ0v) is 8.97. The summed E-state index contributed by atoms with van der Waals surface area (Å²) in [7, 11) is 0. The molecule has 0 saturated heterocycles. The number of carboxylic acid groups (broad SMARTS) is 1. The van der Waals surface area contributed by atoms with E-state index in [2.05, 4.69) is 4.98 Å².